The molecule has 0 saturated carbocycles. The van der Waals surface area contributed by atoms with E-state index in [2.05, 4.69) is 41.5 Å². The van der Waals surface area contributed by atoms with E-state index in [1.807, 2.05) is 42.5 Å². The Kier molecular flexibility index (Phi) is 9.16. The van der Waals surface area contributed by atoms with Crippen LogP contribution in [0, 0.1) is 11.8 Å². The number of hydrogen-bond donors (Lipinski definition) is 5. The van der Waals surface area contributed by atoms with Gasteiger partial charge in [0, 0.05) is 29.3 Å². The largest absolute Gasteiger partial charge is 0.391 e. The lowest BCUT2D eigenvalue weighted by Crippen LogP contribution is -2.51. The van der Waals surface area contributed by atoms with Crippen LogP contribution in [0.1, 0.15) is 52.5 Å². The van der Waals surface area contributed by atoms with Crippen molar-refractivity contribution in [3.63, 3.8) is 0 Å². The molecule has 0 aliphatic rings. The summed E-state index contributed by atoms with van der Waals surface area (Å²) in [6.45, 7) is 4.23. The quantitative estimate of drug-likeness (QED) is 0.197. The molecule has 0 saturated heterocycles. The monoisotopic (exact) mass is 471 g/mol. The molecule has 3 rings (SSSR count). The lowest BCUT2D eigenvalue weighted by atomic mass is 10.1. The summed E-state index contributed by atoms with van der Waals surface area (Å²) < 4.78 is 0. The van der Waals surface area contributed by atoms with Crippen LogP contribution in [0.3, 0.4) is 0 Å². The van der Waals surface area contributed by atoms with Crippen molar-refractivity contribution in [3.8, 4) is 11.8 Å². The Hall–Kier alpha value is -3.96. The Bertz CT molecular complexity index is 1180. The Morgan fingerprint density at radius 2 is 1.43 bits per heavy atom. The number of hydrogen-bond acceptors (Lipinski definition) is 5. The number of carbonyl (C=O) groups is 2. The third-order valence-electron chi connectivity index (χ3n) is 5.53. The molecule has 0 unspecified atom stereocenters. The van der Waals surface area contributed by atoms with Crippen molar-refractivity contribution >= 4 is 11.8 Å². The number of amides is 2. The fourth-order valence-corrected chi connectivity index (χ4v) is 3.39. The maximum atomic E-state index is 12.4. The van der Waals surface area contributed by atoms with Crippen molar-refractivity contribution in [2.75, 3.05) is 0 Å². The zero-order valence-corrected chi connectivity index (χ0v) is 19.7. The lowest BCUT2D eigenvalue weighted by molar-refractivity contribution is -0.133. The van der Waals surface area contributed by atoms with Crippen molar-refractivity contribution in [3.05, 3.63) is 107 Å². The molecule has 7 heteroatoms. The fraction of sp³-hybridized carbons (Fsp3) is 0.214. The summed E-state index contributed by atoms with van der Waals surface area (Å²) >= 11 is 0. The maximum absolute atomic E-state index is 12.4. The van der Waals surface area contributed by atoms with Gasteiger partial charge in [0.05, 0.1) is 6.10 Å². The molecule has 0 aliphatic heterocycles. The normalized spacial score (nSPS) is 13.0. The molecule has 0 bridgehead atoms. The molecule has 3 aromatic carbocycles. The van der Waals surface area contributed by atoms with E-state index >= 15 is 0 Å². The minimum Gasteiger partial charge on any atom is -0.391 e. The maximum Gasteiger partial charge on any atom is 0.268 e. The number of nitrogens with one attached hydrogen (secondary N) is 3. The molecular weight excluding hydrogens is 442 g/mol. The van der Waals surface area contributed by atoms with Crippen LogP contribution in [0.15, 0.2) is 78.9 Å². The van der Waals surface area contributed by atoms with Crippen LogP contribution < -0.4 is 16.1 Å². The smallest absolute Gasteiger partial charge is 0.268 e. The number of benzene rings is 3. The minimum absolute atomic E-state index is 0.255. The van der Waals surface area contributed by atoms with Crippen LogP contribution in [-0.4, -0.2) is 34.3 Å². The van der Waals surface area contributed by atoms with Gasteiger partial charge >= 0.3 is 0 Å². The molecule has 0 spiro atoms. The summed E-state index contributed by atoms with van der Waals surface area (Å²) in [6.07, 6.45) is -1.18. The molecule has 0 radical (unpaired) electrons. The van der Waals surface area contributed by atoms with Gasteiger partial charge < -0.3 is 15.7 Å². The molecule has 2 amide bonds. The first kappa shape index (κ1) is 25.7. The van der Waals surface area contributed by atoms with Crippen molar-refractivity contribution in [2.45, 2.75) is 38.6 Å². The van der Waals surface area contributed by atoms with Crippen LogP contribution in [0.4, 0.5) is 0 Å². The van der Waals surface area contributed by atoms with E-state index in [1.165, 1.54) is 23.5 Å². The van der Waals surface area contributed by atoms with E-state index < -0.39 is 24.0 Å². The van der Waals surface area contributed by atoms with Crippen molar-refractivity contribution in [2.24, 2.45) is 0 Å². The lowest BCUT2D eigenvalue weighted by Gasteiger charge is -2.19. The standard InChI is InChI=1S/C28H29N3O4/c1-19(24-6-4-3-5-7-24)29-18-23-12-10-21(11-13-23)8-9-22-14-16-25(17-15-22)27(33)30-26(20(2)32)28(34)31-35/h3-7,10-17,19-20,26,29,32,35H,18H2,1-2H3,(H,30,33)(H,31,34)/t19-,20-,26+/m1/s1. The third kappa shape index (κ3) is 7.52. The van der Waals surface area contributed by atoms with Gasteiger partial charge in [-0.3, -0.25) is 14.8 Å². The molecule has 0 aromatic heterocycles. The molecule has 5 N–H and O–H groups in total. The second kappa shape index (κ2) is 12.5. The van der Waals surface area contributed by atoms with Gasteiger partial charge in [0.1, 0.15) is 6.04 Å². The molecule has 35 heavy (non-hydrogen) atoms. The molecule has 3 aromatic rings. The molecule has 3 atom stereocenters. The summed E-state index contributed by atoms with van der Waals surface area (Å²) in [5.74, 6) is 4.73. The number of aliphatic hydroxyl groups is 1. The summed E-state index contributed by atoms with van der Waals surface area (Å²) in [5, 5.41) is 24.3. The molecule has 0 aliphatic carbocycles. The van der Waals surface area contributed by atoms with Crippen LogP contribution in [-0.2, 0) is 11.3 Å². The minimum atomic E-state index is -1.27. The Morgan fingerprint density at radius 1 is 0.857 bits per heavy atom. The predicted octanol–water partition coefficient (Wildman–Crippen LogP) is 2.92. The average molecular weight is 472 g/mol. The van der Waals surface area contributed by atoms with E-state index in [4.69, 9.17) is 5.21 Å². The molecular formula is C28H29N3O4. The highest BCUT2D eigenvalue weighted by Gasteiger charge is 2.25. The molecule has 0 fully saturated rings. The van der Waals surface area contributed by atoms with E-state index in [0.29, 0.717) is 5.56 Å². The van der Waals surface area contributed by atoms with Gasteiger partial charge in [-0.1, -0.05) is 54.3 Å². The van der Waals surface area contributed by atoms with E-state index in [0.717, 1.165) is 17.7 Å². The van der Waals surface area contributed by atoms with E-state index in [-0.39, 0.29) is 6.04 Å². The van der Waals surface area contributed by atoms with Crippen molar-refractivity contribution < 1.29 is 19.9 Å². The SMILES string of the molecule is C[C@@H](NCc1ccc(C#Cc2ccc(C(=O)N[C@H](C(=O)NO)[C@@H](C)O)cc2)cc1)c1ccccc1. The van der Waals surface area contributed by atoms with Crippen LogP contribution >= 0.6 is 0 Å². The van der Waals surface area contributed by atoms with Crippen molar-refractivity contribution in [1.29, 1.82) is 0 Å². The number of carbonyl (C=O) groups excluding carboxylic acids is 2. The Balaban J connectivity index is 1.56. The highest BCUT2D eigenvalue weighted by Crippen LogP contribution is 2.13. The van der Waals surface area contributed by atoms with Crippen LogP contribution in [0.5, 0.6) is 0 Å². The van der Waals surface area contributed by atoms with Gasteiger partial charge in [0.25, 0.3) is 11.8 Å². The summed E-state index contributed by atoms with van der Waals surface area (Å²) in [7, 11) is 0. The van der Waals surface area contributed by atoms with Gasteiger partial charge in [0.15, 0.2) is 0 Å². The first-order chi connectivity index (χ1) is 16.9. The second-order valence-electron chi connectivity index (χ2n) is 8.21. The first-order valence-electron chi connectivity index (χ1n) is 11.3. The number of aliphatic hydroxyl groups excluding tert-OH is 1. The van der Waals surface area contributed by atoms with Gasteiger partial charge in [-0.05, 0) is 61.4 Å². The zero-order chi connectivity index (χ0) is 25.2. The highest BCUT2D eigenvalue weighted by atomic mass is 16.5. The summed E-state index contributed by atoms with van der Waals surface area (Å²) in [5.41, 5.74) is 5.75. The van der Waals surface area contributed by atoms with Gasteiger partial charge in [-0.2, -0.15) is 0 Å². The highest BCUT2D eigenvalue weighted by molar-refractivity contribution is 5.97. The summed E-state index contributed by atoms with van der Waals surface area (Å²) in [6, 6.07) is 23.9. The summed E-state index contributed by atoms with van der Waals surface area (Å²) in [4.78, 5) is 23.9. The number of hydroxylamine groups is 1. The predicted molar refractivity (Wildman–Crippen MR) is 133 cm³/mol. The first-order valence-corrected chi connectivity index (χ1v) is 11.3. The fourth-order valence-electron chi connectivity index (χ4n) is 3.39. The topological polar surface area (TPSA) is 111 Å². The van der Waals surface area contributed by atoms with Crippen LogP contribution in [0.25, 0.3) is 0 Å². The third-order valence-corrected chi connectivity index (χ3v) is 5.53. The van der Waals surface area contributed by atoms with Crippen LogP contribution in [0.2, 0.25) is 0 Å². The second-order valence-corrected chi connectivity index (χ2v) is 8.21. The Morgan fingerprint density at radius 3 is 1.97 bits per heavy atom. The van der Waals surface area contributed by atoms with E-state index in [9.17, 15) is 14.7 Å². The number of rotatable bonds is 8. The average Bonchev–Trinajstić information content (AvgIpc) is 2.89. The van der Waals surface area contributed by atoms with Gasteiger partial charge in [-0.25, -0.2) is 5.48 Å². The molecule has 0 heterocycles. The van der Waals surface area contributed by atoms with E-state index in [1.54, 1.807) is 24.3 Å². The van der Waals surface area contributed by atoms with Gasteiger partial charge in [-0.15, -0.1) is 0 Å². The molecule has 180 valence electrons. The Labute approximate surface area is 205 Å². The van der Waals surface area contributed by atoms with Gasteiger partial charge in [0.2, 0.25) is 0 Å². The van der Waals surface area contributed by atoms with Crippen molar-refractivity contribution in [1.82, 2.24) is 16.1 Å². The zero-order valence-electron chi connectivity index (χ0n) is 19.7. The molecule has 7 nitrogen and oxygen atoms in total.